The Hall–Kier alpha value is -2.93. The average molecular weight is 469 g/mol. The van der Waals surface area contributed by atoms with Crippen LogP contribution in [0.25, 0.3) is 0 Å². The minimum atomic E-state index is -0.404. The number of Topliss-reactive ketones (excluding diaryl/α,β-unsaturated/α-hetero) is 1. The molecule has 0 aromatic heterocycles. The van der Waals surface area contributed by atoms with Crippen molar-refractivity contribution in [2.24, 2.45) is 5.92 Å². The van der Waals surface area contributed by atoms with Crippen LogP contribution >= 0.6 is 0 Å². The van der Waals surface area contributed by atoms with Crippen molar-refractivity contribution in [1.82, 2.24) is 9.80 Å². The van der Waals surface area contributed by atoms with Gasteiger partial charge in [0.1, 0.15) is 18.2 Å². The molecule has 1 atom stereocenters. The van der Waals surface area contributed by atoms with Gasteiger partial charge in [-0.25, -0.2) is 9.18 Å². The molecular formula is C27H33FN2O4. The van der Waals surface area contributed by atoms with Crippen LogP contribution in [0.5, 0.6) is 5.75 Å². The summed E-state index contributed by atoms with van der Waals surface area (Å²) in [5, 5.41) is 0. The third kappa shape index (κ3) is 6.79. The fourth-order valence-corrected chi connectivity index (χ4v) is 4.64. The van der Waals surface area contributed by atoms with E-state index in [0.717, 1.165) is 64.0 Å². The largest absolute Gasteiger partial charge is 0.490 e. The van der Waals surface area contributed by atoms with Crippen LogP contribution in [-0.4, -0.2) is 67.1 Å². The molecule has 4 rings (SSSR count). The average Bonchev–Trinajstić information content (AvgIpc) is 2.89. The van der Waals surface area contributed by atoms with Crippen LogP contribution < -0.4 is 4.74 Å². The van der Waals surface area contributed by atoms with Crippen molar-refractivity contribution in [3.63, 3.8) is 0 Å². The van der Waals surface area contributed by atoms with Crippen molar-refractivity contribution >= 4 is 11.9 Å². The van der Waals surface area contributed by atoms with Crippen molar-refractivity contribution in [2.75, 3.05) is 39.3 Å². The summed E-state index contributed by atoms with van der Waals surface area (Å²) in [6.45, 7) is 3.79. The Kier molecular flexibility index (Phi) is 8.52. The van der Waals surface area contributed by atoms with Gasteiger partial charge in [0.05, 0.1) is 0 Å². The minimum absolute atomic E-state index is 0.0696. The summed E-state index contributed by atoms with van der Waals surface area (Å²) in [5.41, 5.74) is 0.560. The molecule has 2 saturated heterocycles. The molecule has 0 bridgehead atoms. The van der Waals surface area contributed by atoms with Crippen LogP contribution in [-0.2, 0) is 4.74 Å². The summed E-state index contributed by atoms with van der Waals surface area (Å²) in [6, 6.07) is 15.3. The lowest BCUT2D eigenvalue weighted by atomic mass is 9.89. The molecule has 0 radical (unpaired) electrons. The van der Waals surface area contributed by atoms with E-state index in [-0.39, 0.29) is 30.2 Å². The highest BCUT2D eigenvalue weighted by Gasteiger charge is 2.29. The maximum absolute atomic E-state index is 13.2. The number of ketones is 1. The van der Waals surface area contributed by atoms with Crippen molar-refractivity contribution < 1.29 is 23.5 Å². The molecular weight excluding hydrogens is 435 g/mol. The standard InChI is InChI=1S/C27H33FN2O4/c28-23-11-9-21(10-12-23)26(31)22-13-17-29(18-14-22)19-25(20-33-24-7-3-1-4-8-24)34-27(32)30-15-5-2-6-16-30/h1,3-4,7-12,22,25H,2,5-6,13-20H2. The second kappa shape index (κ2) is 12.0. The van der Waals surface area contributed by atoms with Gasteiger partial charge in [0.15, 0.2) is 11.9 Å². The SMILES string of the molecule is O=C(c1ccc(F)cc1)C1CCN(CC(COc2ccccc2)OC(=O)N2CCCCC2)CC1. The quantitative estimate of drug-likeness (QED) is 0.522. The molecule has 2 fully saturated rings. The molecule has 0 N–H and O–H groups in total. The maximum Gasteiger partial charge on any atom is 0.410 e. The number of nitrogens with zero attached hydrogens (tertiary/aromatic N) is 2. The van der Waals surface area contributed by atoms with Gasteiger partial charge < -0.3 is 14.4 Å². The Morgan fingerprint density at radius 1 is 0.912 bits per heavy atom. The fraction of sp³-hybridized carbons (Fsp3) is 0.481. The first-order valence-electron chi connectivity index (χ1n) is 12.2. The van der Waals surface area contributed by atoms with Gasteiger partial charge in [-0.15, -0.1) is 0 Å². The smallest absolute Gasteiger partial charge is 0.410 e. The highest BCUT2D eigenvalue weighted by molar-refractivity contribution is 5.97. The van der Waals surface area contributed by atoms with Gasteiger partial charge in [0.25, 0.3) is 0 Å². The fourth-order valence-electron chi connectivity index (χ4n) is 4.64. The number of likely N-dealkylation sites (tertiary alicyclic amines) is 2. The first kappa shape index (κ1) is 24.2. The summed E-state index contributed by atoms with van der Waals surface area (Å²) >= 11 is 0. The van der Waals surface area contributed by atoms with Crippen LogP contribution in [0.1, 0.15) is 42.5 Å². The predicted octanol–water partition coefficient (Wildman–Crippen LogP) is 4.79. The molecule has 0 spiro atoms. The number of benzene rings is 2. The summed E-state index contributed by atoms with van der Waals surface area (Å²) in [6.07, 6.45) is 3.94. The van der Waals surface area contributed by atoms with Gasteiger partial charge in [-0.3, -0.25) is 9.69 Å². The number of ether oxygens (including phenoxy) is 2. The monoisotopic (exact) mass is 468 g/mol. The maximum atomic E-state index is 13.2. The predicted molar refractivity (Wildman–Crippen MR) is 128 cm³/mol. The summed E-state index contributed by atoms with van der Waals surface area (Å²) in [5.74, 6) is 0.399. The summed E-state index contributed by atoms with van der Waals surface area (Å²) in [7, 11) is 0. The Balaban J connectivity index is 1.32. The zero-order valence-corrected chi connectivity index (χ0v) is 19.5. The zero-order valence-electron chi connectivity index (χ0n) is 19.5. The first-order valence-corrected chi connectivity index (χ1v) is 12.2. The molecule has 2 aliphatic heterocycles. The lowest BCUT2D eigenvalue weighted by Crippen LogP contribution is -2.46. The minimum Gasteiger partial charge on any atom is -0.490 e. The molecule has 0 saturated carbocycles. The van der Waals surface area contributed by atoms with E-state index < -0.39 is 6.10 Å². The zero-order chi connectivity index (χ0) is 23.8. The number of rotatable bonds is 8. The van der Waals surface area contributed by atoms with Crippen LogP contribution in [0.4, 0.5) is 9.18 Å². The van der Waals surface area contributed by atoms with E-state index in [9.17, 15) is 14.0 Å². The summed E-state index contributed by atoms with van der Waals surface area (Å²) < 4.78 is 25.0. The molecule has 7 heteroatoms. The van der Waals surface area contributed by atoms with Crippen molar-refractivity contribution in [3.05, 3.63) is 66.0 Å². The second-order valence-corrected chi connectivity index (χ2v) is 9.12. The van der Waals surface area contributed by atoms with Gasteiger partial charge in [-0.1, -0.05) is 18.2 Å². The van der Waals surface area contributed by atoms with Crippen LogP contribution in [0.2, 0.25) is 0 Å². The molecule has 182 valence electrons. The molecule has 2 aromatic carbocycles. The Labute approximate surface area is 200 Å². The van der Waals surface area contributed by atoms with Gasteiger partial charge in [-0.2, -0.15) is 0 Å². The number of piperidine rings is 2. The Bertz CT molecular complexity index is 923. The first-order chi connectivity index (χ1) is 16.6. The molecule has 2 aromatic rings. The van der Waals surface area contributed by atoms with Crippen LogP contribution in [0, 0.1) is 11.7 Å². The number of carbonyl (C=O) groups excluding carboxylic acids is 2. The van der Waals surface area contributed by atoms with E-state index in [1.165, 1.54) is 12.1 Å². The molecule has 34 heavy (non-hydrogen) atoms. The number of halogens is 1. The number of hydrogen-bond donors (Lipinski definition) is 0. The van der Waals surface area contributed by atoms with E-state index in [0.29, 0.717) is 12.1 Å². The number of para-hydroxylation sites is 1. The summed E-state index contributed by atoms with van der Waals surface area (Å²) in [4.78, 5) is 29.5. The topological polar surface area (TPSA) is 59.1 Å². The molecule has 2 heterocycles. The Morgan fingerprint density at radius 2 is 1.59 bits per heavy atom. The molecule has 2 aliphatic rings. The van der Waals surface area contributed by atoms with Crippen molar-refractivity contribution in [3.8, 4) is 5.75 Å². The van der Waals surface area contributed by atoms with E-state index in [4.69, 9.17) is 9.47 Å². The number of carbonyl (C=O) groups is 2. The Morgan fingerprint density at radius 3 is 2.26 bits per heavy atom. The highest BCUT2D eigenvalue weighted by atomic mass is 19.1. The number of amides is 1. The molecule has 1 unspecified atom stereocenters. The van der Waals surface area contributed by atoms with E-state index in [1.54, 1.807) is 17.0 Å². The van der Waals surface area contributed by atoms with E-state index >= 15 is 0 Å². The lowest BCUT2D eigenvalue weighted by Gasteiger charge is -2.34. The third-order valence-electron chi connectivity index (χ3n) is 6.61. The molecule has 1 amide bonds. The van der Waals surface area contributed by atoms with Crippen LogP contribution in [0.15, 0.2) is 54.6 Å². The molecule has 0 aliphatic carbocycles. The third-order valence-corrected chi connectivity index (χ3v) is 6.61. The van der Waals surface area contributed by atoms with Crippen molar-refractivity contribution in [2.45, 2.75) is 38.2 Å². The van der Waals surface area contributed by atoms with Gasteiger partial charge in [0, 0.05) is 31.1 Å². The van der Waals surface area contributed by atoms with Crippen molar-refractivity contribution in [1.29, 1.82) is 0 Å². The normalized spacial score (nSPS) is 18.3. The lowest BCUT2D eigenvalue weighted by molar-refractivity contribution is 0.0123. The molecule has 6 nitrogen and oxygen atoms in total. The van der Waals surface area contributed by atoms with E-state index in [1.807, 2.05) is 30.3 Å². The van der Waals surface area contributed by atoms with Crippen LogP contribution in [0.3, 0.4) is 0 Å². The van der Waals surface area contributed by atoms with Gasteiger partial charge >= 0.3 is 6.09 Å². The van der Waals surface area contributed by atoms with Gasteiger partial charge in [-0.05, 0) is 81.6 Å². The highest BCUT2D eigenvalue weighted by Crippen LogP contribution is 2.23. The number of hydrogen-bond acceptors (Lipinski definition) is 5. The second-order valence-electron chi connectivity index (χ2n) is 9.12. The van der Waals surface area contributed by atoms with Gasteiger partial charge in [0.2, 0.25) is 0 Å². The van der Waals surface area contributed by atoms with E-state index in [2.05, 4.69) is 4.90 Å².